The van der Waals surface area contributed by atoms with Crippen molar-refractivity contribution in [2.45, 2.75) is 0 Å². The number of H-pyrrole nitrogens is 1. The Morgan fingerprint density at radius 1 is 0.955 bits per heavy atom. The molecule has 0 spiro atoms. The number of nitriles is 2. The van der Waals surface area contributed by atoms with E-state index in [1.165, 1.54) is 0 Å². The summed E-state index contributed by atoms with van der Waals surface area (Å²) in [6.45, 7) is 14.4. The Bertz CT molecular complexity index is 1110. The number of aromatic amines is 1. The highest BCUT2D eigenvalue weighted by molar-refractivity contribution is 5.84. The first-order valence-electron chi connectivity index (χ1n) is 5.82. The van der Waals surface area contributed by atoms with Gasteiger partial charge in [-0.15, -0.1) is 0 Å². The van der Waals surface area contributed by atoms with Crippen LogP contribution in [0, 0.1) is 35.8 Å². The van der Waals surface area contributed by atoms with Gasteiger partial charge in [-0.25, -0.2) is 20.2 Å². The summed E-state index contributed by atoms with van der Waals surface area (Å²) in [6.07, 6.45) is 0. The third kappa shape index (κ3) is 1.54. The second-order valence-corrected chi connectivity index (χ2v) is 4.07. The maximum Gasteiger partial charge on any atom is 0.273 e. The molecule has 0 saturated heterocycles. The predicted molar refractivity (Wildman–Crippen MR) is 71.6 cm³/mol. The van der Waals surface area contributed by atoms with Crippen LogP contribution in [0.15, 0.2) is 9.98 Å². The summed E-state index contributed by atoms with van der Waals surface area (Å²) in [5, 5.41) is 29.6. The zero-order valence-electron chi connectivity index (χ0n) is 10.8. The normalized spacial score (nSPS) is 14.4. The fraction of sp³-hybridized carbons (Fsp3) is 0.0769. The lowest BCUT2D eigenvalue weighted by molar-refractivity contribution is 0.956. The highest BCUT2D eigenvalue weighted by Gasteiger charge is 2.16. The molecule has 2 heterocycles. The van der Waals surface area contributed by atoms with E-state index in [1.54, 1.807) is 12.1 Å². The van der Waals surface area contributed by atoms with Crippen molar-refractivity contribution in [2.75, 3.05) is 6.67 Å². The molecule has 0 amide bonds. The molecule has 1 aromatic carbocycles. The highest BCUT2D eigenvalue weighted by atomic mass is 15.3. The van der Waals surface area contributed by atoms with Gasteiger partial charge in [0, 0.05) is 10.4 Å². The smallest absolute Gasteiger partial charge is 0.260 e. The van der Waals surface area contributed by atoms with Gasteiger partial charge in [-0.3, -0.25) is 9.98 Å². The molecule has 9 nitrogen and oxygen atoms in total. The van der Waals surface area contributed by atoms with Gasteiger partial charge in [0.15, 0.2) is 0 Å². The SMILES string of the molecule is [C-]#[N+]/C(C#N)=c1/c2c(/c(=C(\C#N)[N+]#[C-])c3n[nH]nc13)=NCN=2. The number of hydrogen-bond acceptors (Lipinski definition) is 6. The van der Waals surface area contributed by atoms with Crippen LogP contribution in [0.5, 0.6) is 0 Å². The van der Waals surface area contributed by atoms with E-state index in [4.69, 9.17) is 23.7 Å². The van der Waals surface area contributed by atoms with Gasteiger partial charge in [-0.05, 0) is 0 Å². The summed E-state index contributed by atoms with van der Waals surface area (Å²) < 4.78 is 0. The van der Waals surface area contributed by atoms with Gasteiger partial charge in [0.05, 0.1) is 36.0 Å². The summed E-state index contributed by atoms with van der Waals surface area (Å²) in [4.78, 5) is 14.7. The number of hydrogen-bond donors (Lipinski definition) is 1. The van der Waals surface area contributed by atoms with Crippen molar-refractivity contribution in [2.24, 2.45) is 9.98 Å². The van der Waals surface area contributed by atoms with Crippen molar-refractivity contribution in [3.8, 4) is 12.1 Å². The van der Waals surface area contributed by atoms with Crippen LogP contribution in [0.25, 0.3) is 32.1 Å². The summed E-state index contributed by atoms with van der Waals surface area (Å²) in [6, 6.07) is 3.61. The molecule has 3 rings (SSSR count). The highest BCUT2D eigenvalue weighted by Crippen LogP contribution is 2.00. The number of aromatic nitrogens is 3. The zero-order chi connectivity index (χ0) is 15.7. The molecule has 0 aliphatic carbocycles. The van der Waals surface area contributed by atoms with Gasteiger partial charge < -0.3 is 0 Å². The fourth-order valence-corrected chi connectivity index (χ4v) is 2.25. The van der Waals surface area contributed by atoms with Crippen molar-refractivity contribution >= 4 is 22.4 Å². The molecule has 1 aliphatic heterocycles. The van der Waals surface area contributed by atoms with Crippen LogP contribution >= 0.6 is 0 Å². The van der Waals surface area contributed by atoms with Crippen molar-refractivity contribution in [3.05, 3.63) is 44.0 Å². The first kappa shape index (κ1) is 12.9. The molecule has 22 heavy (non-hydrogen) atoms. The molecular weight excluding hydrogens is 282 g/mol. The van der Waals surface area contributed by atoms with Gasteiger partial charge >= 0.3 is 0 Å². The molecule has 0 saturated carbocycles. The summed E-state index contributed by atoms with van der Waals surface area (Å²) in [7, 11) is 0. The van der Waals surface area contributed by atoms with Crippen LogP contribution in [-0.2, 0) is 0 Å². The number of nitrogens with one attached hydrogen (secondary N) is 1. The predicted octanol–water partition coefficient (Wildman–Crippen LogP) is -1.73. The second kappa shape index (κ2) is 4.79. The molecule has 9 heteroatoms. The number of fused-ring (bicyclic) bond motifs is 2. The second-order valence-electron chi connectivity index (χ2n) is 4.07. The third-order valence-electron chi connectivity index (χ3n) is 3.09. The topological polar surface area (TPSA) is 123 Å². The Morgan fingerprint density at radius 2 is 1.41 bits per heavy atom. The van der Waals surface area contributed by atoms with E-state index in [9.17, 15) is 0 Å². The molecule has 1 N–H and O–H groups in total. The van der Waals surface area contributed by atoms with E-state index in [2.05, 4.69) is 35.1 Å². The molecule has 0 radical (unpaired) electrons. The molecule has 1 aromatic heterocycles. The largest absolute Gasteiger partial charge is 0.273 e. The molecule has 1 aliphatic rings. The first-order valence-corrected chi connectivity index (χ1v) is 5.82. The summed E-state index contributed by atoms with van der Waals surface area (Å²) in [5.74, 6) is 0. The van der Waals surface area contributed by atoms with Crippen LogP contribution in [-0.4, -0.2) is 22.1 Å². The van der Waals surface area contributed by atoms with E-state index < -0.39 is 0 Å². The van der Waals surface area contributed by atoms with E-state index >= 15 is 0 Å². The lowest BCUT2D eigenvalue weighted by Gasteiger charge is -1.94. The van der Waals surface area contributed by atoms with E-state index in [-0.39, 0.29) is 39.5 Å². The Hall–Kier alpha value is -4.08. The molecular formula is C13H3N9. The number of nitrogens with zero attached hydrogens (tertiary/aromatic N) is 8. The van der Waals surface area contributed by atoms with Gasteiger partial charge in [0.25, 0.3) is 11.4 Å². The number of rotatable bonds is 0. The van der Waals surface area contributed by atoms with Gasteiger partial charge in [0.2, 0.25) is 0 Å². The van der Waals surface area contributed by atoms with Crippen molar-refractivity contribution < 1.29 is 0 Å². The Morgan fingerprint density at radius 3 is 1.77 bits per heavy atom. The molecule has 0 atom stereocenters. The van der Waals surface area contributed by atoms with Gasteiger partial charge in [0.1, 0.15) is 17.7 Å². The Labute approximate surface area is 122 Å². The maximum atomic E-state index is 9.14. The molecule has 100 valence electrons. The average molecular weight is 285 g/mol. The van der Waals surface area contributed by atoms with Gasteiger partial charge in [-0.1, -0.05) is 0 Å². The maximum absolute atomic E-state index is 9.14. The molecule has 0 fully saturated rings. The lowest BCUT2D eigenvalue weighted by atomic mass is 10.1. The van der Waals surface area contributed by atoms with Crippen LogP contribution in [0.3, 0.4) is 0 Å². The minimum atomic E-state index is -0.191. The van der Waals surface area contributed by atoms with Crippen molar-refractivity contribution in [1.82, 2.24) is 15.4 Å². The molecule has 0 bridgehead atoms. The number of benzene rings is 1. The first-order chi connectivity index (χ1) is 10.8. The third-order valence-corrected chi connectivity index (χ3v) is 3.09. The summed E-state index contributed by atoms with van der Waals surface area (Å²) >= 11 is 0. The fourth-order valence-electron chi connectivity index (χ4n) is 2.25. The van der Waals surface area contributed by atoms with E-state index in [1.807, 2.05) is 0 Å². The van der Waals surface area contributed by atoms with E-state index in [0.29, 0.717) is 10.7 Å². The monoisotopic (exact) mass is 285 g/mol. The quantitative estimate of drug-likeness (QED) is 0.578. The van der Waals surface area contributed by atoms with Crippen molar-refractivity contribution in [1.29, 1.82) is 10.5 Å². The summed E-state index contributed by atoms with van der Waals surface area (Å²) in [5.41, 5.74) is 0.0600. The average Bonchev–Trinajstić information content (AvgIpc) is 3.19. The lowest BCUT2D eigenvalue weighted by Crippen LogP contribution is -2.48. The standard InChI is InChI=1S/C13H3N9/c1-16-6(3-14)8-10-11(19-5-18-10)9(7(4-15)17-2)13-12(8)20-22-21-13/h5H2,(H,20,21,22)/b8-6-,9-7-. The molecule has 2 aromatic rings. The van der Waals surface area contributed by atoms with E-state index in [0.717, 1.165) is 0 Å². The van der Waals surface area contributed by atoms with Crippen LogP contribution in [0.4, 0.5) is 0 Å². The van der Waals surface area contributed by atoms with Gasteiger partial charge in [-0.2, -0.15) is 15.4 Å². The van der Waals surface area contributed by atoms with Crippen molar-refractivity contribution in [3.63, 3.8) is 0 Å². The zero-order valence-corrected chi connectivity index (χ0v) is 10.8. The Kier molecular flexibility index (Phi) is 2.82. The minimum Gasteiger partial charge on any atom is -0.260 e. The molecule has 0 unspecified atom stereocenters. The van der Waals surface area contributed by atoms with Crippen LogP contribution < -0.4 is 21.2 Å². The van der Waals surface area contributed by atoms with Crippen LogP contribution in [0.2, 0.25) is 0 Å². The minimum absolute atomic E-state index is 0.0963. The Balaban J connectivity index is 2.90. The van der Waals surface area contributed by atoms with Crippen LogP contribution in [0.1, 0.15) is 0 Å².